The molecule has 0 spiro atoms. The molecule has 2 aliphatic rings. The summed E-state index contributed by atoms with van der Waals surface area (Å²) in [6.45, 7) is 2.62. The summed E-state index contributed by atoms with van der Waals surface area (Å²) in [5.41, 5.74) is 9.75. The molecule has 1 saturated heterocycles. The number of anilines is 1. The quantitative estimate of drug-likeness (QED) is 0.704. The van der Waals surface area contributed by atoms with Crippen LogP contribution in [0.15, 0.2) is 18.2 Å². The summed E-state index contributed by atoms with van der Waals surface area (Å²) >= 11 is 0. The van der Waals surface area contributed by atoms with Crippen molar-refractivity contribution >= 4 is 5.69 Å². The predicted molar refractivity (Wildman–Crippen MR) is 62.9 cm³/mol. The Hall–Kier alpha value is -1.02. The number of nitrogens with zero attached hydrogens (tertiary/aromatic N) is 1. The zero-order valence-electron chi connectivity index (χ0n) is 9.08. The maximum atomic E-state index is 5.84. The van der Waals surface area contributed by atoms with Gasteiger partial charge in [0.25, 0.3) is 0 Å². The number of benzene rings is 1. The summed E-state index contributed by atoms with van der Waals surface area (Å²) in [6, 6.07) is 7.19. The second kappa shape index (κ2) is 3.53. The summed E-state index contributed by atoms with van der Waals surface area (Å²) in [6.07, 6.45) is 5.16. The smallest absolute Gasteiger partial charge is 0.0316 e. The molecule has 15 heavy (non-hydrogen) atoms. The lowest BCUT2D eigenvalue weighted by atomic mass is 9.86. The molecule has 0 saturated carbocycles. The molecule has 1 aliphatic carbocycles. The first-order valence-corrected chi connectivity index (χ1v) is 5.94. The minimum absolute atomic E-state index is 0.785. The van der Waals surface area contributed by atoms with Crippen LogP contribution in [-0.2, 0) is 12.8 Å². The van der Waals surface area contributed by atoms with Gasteiger partial charge in [-0.2, -0.15) is 0 Å². The molecular formula is C13H18N2. The van der Waals surface area contributed by atoms with E-state index in [0.29, 0.717) is 0 Å². The van der Waals surface area contributed by atoms with Crippen LogP contribution < -0.4 is 5.73 Å². The lowest BCUT2D eigenvalue weighted by Crippen LogP contribution is -2.47. The Morgan fingerprint density at radius 2 is 2.07 bits per heavy atom. The van der Waals surface area contributed by atoms with Gasteiger partial charge in [-0.1, -0.05) is 6.07 Å². The number of hydrogen-bond acceptors (Lipinski definition) is 2. The molecule has 2 nitrogen and oxygen atoms in total. The van der Waals surface area contributed by atoms with Crippen molar-refractivity contribution < 1.29 is 0 Å². The number of nitrogens with two attached hydrogens (primary N) is 1. The Kier molecular flexibility index (Phi) is 2.17. The van der Waals surface area contributed by atoms with Gasteiger partial charge in [0.2, 0.25) is 0 Å². The third kappa shape index (κ3) is 1.63. The Balaban J connectivity index is 1.81. The molecule has 1 aromatic carbocycles. The van der Waals surface area contributed by atoms with E-state index in [-0.39, 0.29) is 0 Å². The fourth-order valence-electron chi connectivity index (χ4n) is 2.78. The van der Waals surface area contributed by atoms with Crippen molar-refractivity contribution in [3.8, 4) is 0 Å². The lowest BCUT2D eigenvalue weighted by Gasteiger charge is -2.40. The van der Waals surface area contributed by atoms with Gasteiger partial charge in [-0.15, -0.1) is 0 Å². The zero-order valence-corrected chi connectivity index (χ0v) is 9.08. The minimum Gasteiger partial charge on any atom is -0.399 e. The average Bonchev–Trinajstić information content (AvgIpc) is 2.14. The van der Waals surface area contributed by atoms with Crippen LogP contribution >= 0.6 is 0 Å². The molecule has 1 atom stereocenters. The van der Waals surface area contributed by atoms with Gasteiger partial charge in [0, 0.05) is 11.7 Å². The highest BCUT2D eigenvalue weighted by Gasteiger charge is 2.27. The van der Waals surface area contributed by atoms with Crippen molar-refractivity contribution in [2.75, 3.05) is 18.8 Å². The molecule has 2 N–H and O–H groups in total. The molecule has 0 aromatic heterocycles. The van der Waals surface area contributed by atoms with E-state index < -0.39 is 0 Å². The Labute approximate surface area is 91.1 Å². The zero-order chi connectivity index (χ0) is 10.3. The summed E-state index contributed by atoms with van der Waals surface area (Å²) < 4.78 is 0. The first-order valence-electron chi connectivity index (χ1n) is 5.94. The predicted octanol–water partition coefficient (Wildman–Crippen LogP) is 1.83. The molecule has 1 heterocycles. The molecule has 1 fully saturated rings. The molecule has 2 heteroatoms. The van der Waals surface area contributed by atoms with Gasteiger partial charge < -0.3 is 5.73 Å². The highest BCUT2D eigenvalue weighted by atomic mass is 15.2. The monoisotopic (exact) mass is 202 g/mol. The highest BCUT2D eigenvalue weighted by Crippen LogP contribution is 2.28. The van der Waals surface area contributed by atoms with Gasteiger partial charge in [0.1, 0.15) is 0 Å². The summed E-state index contributed by atoms with van der Waals surface area (Å²) in [5, 5.41) is 0. The molecule has 0 radical (unpaired) electrons. The third-order valence-electron chi connectivity index (χ3n) is 3.84. The summed E-state index contributed by atoms with van der Waals surface area (Å²) in [7, 11) is 0. The van der Waals surface area contributed by atoms with Gasteiger partial charge in [0.15, 0.2) is 0 Å². The van der Waals surface area contributed by atoms with E-state index in [2.05, 4.69) is 17.0 Å². The van der Waals surface area contributed by atoms with Crippen molar-refractivity contribution in [1.29, 1.82) is 0 Å². The topological polar surface area (TPSA) is 29.3 Å². The van der Waals surface area contributed by atoms with E-state index in [1.165, 1.54) is 49.9 Å². The van der Waals surface area contributed by atoms with E-state index in [4.69, 9.17) is 5.73 Å². The number of hydrogen-bond donors (Lipinski definition) is 1. The molecule has 80 valence electrons. The van der Waals surface area contributed by atoms with Gasteiger partial charge in [-0.25, -0.2) is 0 Å². The van der Waals surface area contributed by atoms with Crippen LogP contribution in [0.25, 0.3) is 0 Å². The molecule has 1 aromatic rings. The van der Waals surface area contributed by atoms with E-state index in [0.717, 1.165) is 11.7 Å². The number of aryl methyl sites for hydroxylation is 1. The number of fused-ring (bicyclic) bond motifs is 1. The Bertz CT molecular complexity index is 369. The normalized spacial score (nSPS) is 25.7. The van der Waals surface area contributed by atoms with Crippen molar-refractivity contribution in [1.82, 2.24) is 4.90 Å². The molecule has 0 bridgehead atoms. The molecule has 1 unspecified atom stereocenters. The number of nitrogen functional groups attached to an aromatic ring is 1. The standard InChI is InChI=1S/C13H18N2/c14-12-4-2-10-3-5-13(9-11(10)8-12)15-6-1-7-15/h2,4,8,13H,1,3,5-7,9,14H2. The van der Waals surface area contributed by atoms with E-state index in [1.807, 2.05) is 6.07 Å². The van der Waals surface area contributed by atoms with Crippen LogP contribution in [0.3, 0.4) is 0 Å². The van der Waals surface area contributed by atoms with Crippen molar-refractivity contribution in [3.63, 3.8) is 0 Å². The van der Waals surface area contributed by atoms with Gasteiger partial charge in [0.05, 0.1) is 0 Å². The Morgan fingerprint density at radius 1 is 1.20 bits per heavy atom. The second-order valence-electron chi connectivity index (χ2n) is 4.81. The minimum atomic E-state index is 0.785. The SMILES string of the molecule is Nc1ccc2c(c1)CC(N1CCC1)CC2. The fraction of sp³-hybridized carbons (Fsp3) is 0.538. The van der Waals surface area contributed by atoms with Crippen molar-refractivity contribution in [2.24, 2.45) is 0 Å². The van der Waals surface area contributed by atoms with Crippen LogP contribution in [-0.4, -0.2) is 24.0 Å². The molecule has 1 aliphatic heterocycles. The largest absolute Gasteiger partial charge is 0.399 e. The molecule has 0 amide bonds. The van der Waals surface area contributed by atoms with Crippen LogP contribution in [0.5, 0.6) is 0 Å². The van der Waals surface area contributed by atoms with Crippen LogP contribution in [0, 0.1) is 0 Å². The van der Waals surface area contributed by atoms with Crippen LogP contribution in [0.2, 0.25) is 0 Å². The average molecular weight is 202 g/mol. The van der Waals surface area contributed by atoms with Gasteiger partial charge in [-0.3, -0.25) is 4.90 Å². The second-order valence-corrected chi connectivity index (χ2v) is 4.81. The summed E-state index contributed by atoms with van der Waals surface area (Å²) in [4.78, 5) is 2.62. The van der Waals surface area contributed by atoms with E-state index in [9.17, 15) is 0 Å². The van der Waals surface area contributed by atoms with Crippen LogP contribution in [0.1, 0.15) is 24.0 Å². The highest BCUT2D eigenvalue weighted by molar-refractivity contribution is 5.46. The third-order valence-corrected chi connectivity index (χ3v) is 3.84. The van der Waals surface area contributed by atoms with Crippen molar-refractivity contribution in [3.05, 3.63) is 29.3 Å². The van der Waals surface area contributed by atoms with E-state index in [1.54, 1.807) is 0 Å². The van der Waals surface area contributed by atoms with Gasteiger partial charge >= 0.3 is 0 Å². The van der Waals surface area contributed by atoms with Crippen LogP contribution in [0.4, 0.5) is 5.69 Å². The number of rotatable bonds is 1. The summed E-state index contributed by atoms with van der Waals surface area (Å²) in [5.74, 6) is 0. The Morgan fingerprint density at radius 3 is 2.80 bits per heavy atom. The first-order chi connectivity index (χ1) is 7.33. The van der Waals surface area contributed by atoms with E-state index >= 15 is 0 Å². The van der Waals surface area contributed by atoms with Gasteiger partial charge in [-0.05, 0) is 62.0 Å². The fourth-order valence-corrected chi connectivity index (χ4v) is 2.78. The number of likely N-dealkylation sites (tertiary alicyclic amines) is 1. The van der Waals surface area contributed by atoms with Crippen molar-refractivity contribution in [2.45, 2.75) is 31.7 Å². The molecular weight excluding hydrogens is 184 g/mol. The maximum Gasteiger partial charge on any atom is 0.0316 e. The molecule has 3 rings (SSSR count). The maximum absolute atomic E-state index is 5.84. The lowest BCUT2D eigenvalue weighted by molar-refractivity contribution is 0.107. The first kappa shape index (κ1) is 9.22.